The third kappa shape index (κ3) is 12.0. The van der Waals surface area contributed by atoms with Gasteiger partial charge in [-0.05, 0) is 87.4 Å². The summed E-state index contributed by atoms with van der Waals surface area (Å²) in [6.45, 7) is 12.8. The van der Waals surface area contributed by atoms with Gasteiger partial charge in [0.1, 0.15) is 23.7 Å². The van der Waals surface area contributed by atoms with Crippen molar-refractivity contribution in [1.82, 2.24) is 35.2 Å². The molecule has 2 heterocycles. The molecule has 0 saturated heterocycles. The van der Waals surface area contributed by atoms with Crippen molar-refractivity contribution in [2.45, 2.75) is 111 Å². The summed E-state index contributed by atoms with van der Waals surface area (Å²) in [7, 11) is 1.62. The van der Waals surface area contributed by atoms with E-state index in [9.17, 15) is 19.9 Å². The number of esters is 1. The highest BCUT2D eigenvalue weighted by Gasteiger charge is 2.34. The van der Waals surface area contributed by atoms with E-state index in [0.717, 1.165) is 35.1 Å². The second-order valence-electron chi connectivity index (χ2n) is 14.6. The van der Waals surface area contributed by atoms with Gasteiger partial charge in [0.15, 0.2) is 11.5 Å². The first-order valence-electron chi connectivity index (χ1n) is 18.4. The van der Waals surface area contributed by atoms with Crippen molar-refractivity contribution in [3.8, 4) is 22.5 Å². The largest absolute Gasteiger partial charge is 0.569 e. The van der Waals surface area contributed by atoms with Gasteiger partial charge in [0, 0.05) is 25.5 Å². The summed E-state index contributed by atoms with van der Waals surface area (Å²) >= 11 is 0. The number of unbranched alkanes of at least 4 members (excludes halogenated alkanes) is 3. The Labute approximate surface area is 321 Å². The van der Waals surface area contributed by atoms with Gasteiger partial charge in [-0.3, -0.25) is 0 Å². The summed E-state index contributed by atoms with van der Waals surface area (Å²) in [6.07, 6.45) is 1.70. The van der Waals surface area contributed by atoms with Crippen molar-refractivity contribution >= 4 is 12.1 Å². The average Bonchev–Trinajstić information content (AvgIpc) is 3.80. The molecule has 0 spiro atoms. The number of nitrogens with one attached hydrogen (secondary N) is 1. The number of benzene rings is 2. The van der Waals surface area contributed by atoms with E-state index in [0.29, 0.717) is 42.3 Å². The van der Waals surface area contributed by atoms with Crippen molar-refractivity contribution in [2.75, 3.05) is 20.3 Å². The molecular weight excluding hydrogens is 710 g/mol. The van der Waals surface area contributed by atoms with Gasteiger partial charge in [-0.25, -0.2) is 19.7 Å². The summed E-state index contributed by atoms with van der Waals surface area (Å²) in [5, 5.41) is 42.3. The molecule has 2 aromatic heterocycles. The Bertz CT molecular complexity index is 1860. The van der Waals surface area contributed by atoms with Crippen LogP contribution >= 0.6 is 0 Å². The fourth-order valence-electron chi connectivity index (χ4n) is 5.42. The van der Waals surface area contributed by atoms with Gasteiger partial charge >= 0.3 is 12.1 Å². The maximum Gasteiger partial charge on any atom is 0.511 e. The lowest BCUT2D eigenvalue weighted by molar-refractivity contribution is -0.719. The van der Waals surface area contributed by atoms with Crippen molar-refractivity contribution in [2.24, 2.45) is 5.28 Å². The Morgan fingerprint density at radius 3 is 2.33 bits per heavy atom. The van der Waals surface area contributed by atoms with E-state index < -0.39 is 29.6 Å². The summed E-state index contributed by atoms with van der Waals surface area (Å²) in [6, 6.07) is 15.7. The number of aliphatic hydroxyl groups is 1. The number of aromatic amines is 1. The number of hydrazine groups is 1. The Morgan fingerprint density at radius 2 is 1.69 bits per heavy atom. The van der Waals surface area contributed by atoms with Crippen LogP contribution in [0.25, 0.3) is 22.5 Å². The SMILES string of the molecule is CCCCc1nc(C(C)(C)O)c(C(=O)OC(C)OC(=O)OCCCCCO/N=[N+](\[O-])N(C)C(C)(C)C)n1Cc1ccc(-c2ccccc2-c2nnn[nH]2)cc1. The number of aryl methyl sites for hydroxylation is 1. The standard InChI is InChI=1S/C38H53N9O8/c1-9-10-18-31-39-33(38(6,7)50)32(46(31)25-27-19-21-28(22-20-27)29-16-12-13-17-30(29)34-40-42-43-41-34)35(48)54-26(2)55-36(49)52-23-14-11-15-24-53-44-47(51)45(8)37(3,4)5/h12-13,16-17,19-22,26,50H,9-11,14-15,18,23-25H2,1-8H3,(H,40,41,42,43)/b47-44-. The molecule has 0 aliphatic rings. The Hall–Kier alpha value is -5.58. The molecule has 4 rings (SSSR count). The third-order valence-corrected chi connectivity index (χ3v) is 8.70. The average molecular weight is 764 g/mol. The molecule has 0 amide bonds. The van der Waals surface area contributed by atoms with Crippen molar-refractivity contribution in [3.05, 3.63) is 76.5 Å². The summed E-state index contributed by atoms with van der Waals surface area (Å²) in [5.41, 5.74) is 1.95. The van der Waals surface area contributed by atoms with Gasteiger partial charge in [0.05, 0.1) is 24.2 Å². The first-order valence-corrected chi connectivity index (χ1v) is 18.4. The monoisotopic (exact) mass is 763 g/mol. The number of H-pyrrole nitrogens is 1. The van der Waals surface area contributed by atoms with E-state index in [-0.39, 0.29) is 31.1 Å². The number of tetrazole rings is 1. The van der Waals surface area contributed by atoms with Crippen LogP contribution in [0.5, 0.6) is 0 Å². The molecule has 0 aliphatic heterocycles. The minimum absolute atomic E-state index is 0.0637. The summed E-state index contributed by atoms with van der Waals surface area (Å²) in [4.78, 5) is 36.4. The topological polar surface area (TPSA) is 205 Å². The van der Waals surface area contributed by atoms with E-state index in [1.807, 2.05) is 69.3 Å². The number of aromatic nitrogens is 6. The van der Waals surface area contributed by atoms with Gasteiger partial charge in [0.2, 0.25) is 11.6 Å². The molecule has 55 heavy (non-hydrogen) atoms. The maximum atomic E-state index is 13.8. The van der Waals surface area contributed by atoms with Crippen LogP contribution in [0.15, 0.2) is 53.8 Å². The Balaban J connectivity index is 1.39. The highest BCUT2D eigenvalue weighted by atomic mass is 16.8. The molecule has 0 aliphatic carbocycles. The van der Waals surface area contributed by atoms with Crippen LogP contribution in [0.3, 0.4) is 0 Å². The molecule has 4 aromatic rings. The molecule has 17 heteroatoms. The first kappa shape index (κ1) is 42.2. The lowest BCUT2D eigenvalue weighted by Gasteiger charge is -2.26. The fourth-order valence-corrected chi connectivity index (χ4v) is 5.42. The summed E-state index contributed by atoms with van der Waals surface area (Å²) < 4.78 is 17.7. The predicted octanol–water partition coefficient (Wildman–Crippen LogP) is 6.71. The van der Waals surface area contributed by atoms with Gasteiger partial charge in [-0.15, -0.1) is 10.1 Å². The van der Waals surface area contributed by atoms with Gasteiger partial charge in [0.25, 0.3) is 0 Å². The lowest BCUT2D eigenvalue weighted by atomic mass is 9.98. The second kappa shape index (κ2) is 19.1. The number of nitrogens with zero attached hydrogens (tertiary/aromatic N) is 8. The zero-order valence-electron chi connectivity index (χ0n) is 32.9. The van der Waals surface area contributed by atoms with Gasteiger partial charge in [-0.2, -0.15) is 0 Å². The van der Waals surface area contributed by atoms with Gasteiger partial charge in [-0.1, -0.05) is 61.9 Å². The molecule has 17 nitrogen and oxygen atoms in total. The molecule has 298 valence electrons. The molecular formula is C38H53N9O8. The van der Waals surface area contributed by atoms with Crippen LogP contribution in [0.1, 0.15) is 108 Å². The minimum Gasteiger partial charge on any atom is -0.569 e. The fraction of sp³-hybridized carbons (Fsp3) is 0.526. The molecule has 1 unspecified atom stereocenters. The minimum atomic E-state index is -1.48. The van der Waals surface area contributed by atoms with Crippen molar-refractivity contribution < 1.29 is 38.7 Å². The Kier molecular flexibility index (Phi) is 14.7. The molecule has 0 fully saturated rings. The smallest absolute Gasteiger partial charge is 0.511 e. The second-order valence-corrected chi connectivity index (χ2v) is 14.6. The highest BCUT2D eigenvalue weighted by molar-refractivity contribution is 5.89. The van der Waals surface area contributed by atoms with E-state index in [1.54, 1.807) is 25.5 Å². The molecule has 0 saturated carbocycles. The Morgan fingerprint density at radius 1 is 1.00 bits per heavy atom. The van der Waals surface area contributed by atoms with E-state index >= 15 is 0 Å². The van der Waals surface area contributed by atoms with Crippen LogP contribution in [0.4, 0.5) is 4.79 Å². The lowest BCUT2D eigenvalue weighted by Crippen LogP contribution is -2.42. The van der Waals surface area contributed by atoms with E-state index in [4.69, 9.17) is 24.0 Å². The zero-order valence-corrected chi connectivity index (χ0v) is 32.9. The van der Waals surface area contributed by atoms with E-state index in [1.165, 1.54) is 11.9 Å². The van der Waals surface area contributed by atoms with Gasteiger partial charge < -0.3 is 33.9 Å². The number of imidazole rings is 1. The number of carbonyl (C=O) groups is 2. The molecule has 0 radical (unpaired) electrons. The molecule has 2 N–H and O–H groups in total. The highest BCUT2D eigenvalue weighted by Crippen LogP contribution is 2.31. The van der Waals surface area contributed by atoms with Crippen molar-refractivity contribution in [3.63, 3.8) is 0 Å². The van der Waals surface area contributed by atoms with E-state index in [2.05, 4.69) is 32.8 Å². The quantitative estimate of drug-likeness (QED) is 0.0255. The first-order chi connectivity index (χ1) is 26.1. The third-order valence-electron chi connectivity index (χ3n) is 8.70. The number of hydrogen-bond donors (Lipinski definition) is 2. The summed E-state index contributed by atoms with van der Waals surface area (Å²) in [5.74, 6) is 0.360. The number of carbonyl (C=O) groups excluding carboxylic acids is 2. The zero-order chi connectivity index (χ0) is 40.2. The van der Waals surface area contributed by atoms with Crippen LogP contribution in [0, 0.1) is 5.21 Å². The molecule has 2 aromatic carbocycles. The predicted molar refractivity (Wildman–Crippen MR) is 201 cm³/mol. The molecule has 0 bridgehead atoms. The van der Waals surface area contributed by atoms with Crippen LogP contribution < -0.4 is 0 Å². The van der Waals surface area contributed by atoms with Crippen LogP contribution in [-0.4, -0.2) is 89.5 Å². The number of hydrogen-bond acceptors (Lipinski definition) is 13. The number of rotatable bonds is 19. The van der Waals surface area contributed by atoms with Crippen LogP contribution in [-0.2, 0) is 37.6 Å². The van der Waals surface area contributed by atoms with Crippen LogP contribution in [0.2, 0.25) is 0 Å². The van der Waals surface area contributed by atoms with Crippen molar-refractivity contribution in [1.29, 1.82) is 0 Å². The number of ether oxygens (including phenoxy) is 3. The normalized spacial score (nSPS) is 12.6. The maximum absolute atomic E-state index is 13.8. The molecule has 1 atom stereocenters.